The lowest BCUT2D eigenvalue weighted by atomic mass is 9.95. The summed E-state index contributed by atoms with van der Waals surface area (Å²) in [5.41, 5.74) is 0.405. The van der Waals surface area contributed by atoms with Crippen LogP contribution in [0.3, 0.4) is 0 Å². The molecule has 17 heavy (non-hydrogen) atoms. The van der Waals surface area contributed by atoms with Gasteiger partial charge in [-0.3, -0.25) is 0 Å². The van der Waals surface area contributed by atoms with Crippen LogP contribution in [0, 0.1) is 5.41 Å². The monoisotopic (exact) mass is 261 g/mol. The van der Waals surface area contributed by atoms with E-state index in [1.54, 1.807) is 24.3 Å². The highest BCUT2D eigenvalue weighted by Gasteiger charge is 2.17. The number of halogens is 2. The van der Waals surface area contributed by atoms with Gasteiger partial charge in [-0.2, -0.15) is 8.78 Å². The van der Waals surface area contributed by atoms with Gasteiger partial charge in [-0.1, -0.05) is 37.7 Å². The highest BCUT2D eigenvalue weighted by Crippen LogP contribution is 2.32. The third-order valence-electron chi connectivity index (χ3n) is 2.29. The Morgan fingerprint density at radius 1 is 1.35 bits per heavy atom. The van der Waals surface area contributed by atoms with Crippen LogP contribution in [0.25, 0.3) is 0 Å². The van der Waals surface area contributed by atoms with Crippen molar-refractivity contribution in [2.24, 2.45) is 5.41 Å². The van der Waals surface area contributed by atoms with Crippen LogP contribution in [0.2, 0.25) is 0 Å². The third kappa shape index (κ3) is 4.91. The fourth-order valence-electron chi connectivity index (χ4n) is 1.20. The fraction of sp³-hybridized carbons (Fsp3) is 0.500. The van der Waals surface area contributed by atoms with E-state index in [-0.39, 0.29) is 12.0 Å². The molecule has 0 atom stereocenters. The smallest absolute Gasteiger partial charge is 0.288 e. The zero-order valence-corrected chi connectivity index (χ0v) is 10.7. The molecule has 2 N–H and O–H groups in total. The number of nitrogens with one attached hydrogen (secondary N) is 1. The molecule has 2 nitrogen and oxygen atoms in total. The summed E-state index contributed by atoms with van der Waals surface area (Å²) >= 11 is 0.525. The number of benzene rings is 1. The standard InChI is InChI=1S/C12H17F2NOS/c1-12(2,8-16)7-15-9-5-3-4-6-10(9)17-11(13)14/h3-6,11,15-16H,7-8H2,1-2H3. The van der Waals surface area contributed by atoms with Crippen LogP contribution in [0.15, 0.2) is 29.2 Å². The number of rotatable bonds is 6. The largest absolute Gasteiger partial charge is 0.396 e. The van der Waals surface area contributed by atoms with Crippen molar-refractivity contribution in [1.82, 2.24) is 0 Å². The number of hydrogen-bond acceptors (Lipinski definition) is 3. The normalized spacial score (nSPS) is 11.9. The maximum absolute atomic E-state index is 12.3. The summed E-state index contributed by atoms with van der Waals surface area (Å²) in [4.78, 5) is 0.524. The van der Waals surface area contributed by atoms with Gasteiger partial charge in [0.15, 0.2) is 0 Å². The molecule has 0 amide bonds. The first-order valence-corrected chi connectivity index (χ1v) is 6.21. The summed E-state index contributed by atoms with van der Waals surface area (Å²) in [7, 11) is 0. The van der Waals surface area contributed by atoms with Gasteiger partial charge in [0.2, 0.25) is 0 Å². The minimum absolute atomic E-state index is 0.0458. The average molecular weight is 261 g/mol. The van der Waals surface area contributed by atoms with Crippen molar-refractivity contribution in [2.45, 2.75) is 24.5 Å². The predicted molar refractivity (Wildman–Crippen MR) is 67.7 cm³/mol. The third-order valence-corrected chi connectivity index (χ3v) is 3.08. The molecule has 5 heteroatoms. The summed E-state index contributed by atoms with van der Waals surface area (Å²) in [6.45, 7) is 4.39. The Morgan fingerprint density at radius 2 is 2.00 bits per heavy atom. The van der Waals surface area contributed by atoms with Crippen molar-refractivity contribution in [1.29, 1.82) is 0 Å². The predicted octanol–water partition coefficient (Wildman–Crippen LogP) is 3.43. The van der Waals surface area contributed by atoms with Crippen molar-refractivity contribution in [3.8, 4) is 0 Å². The molecule has 0 spiro atoms. The van der Waals surface area contributed by atoms with E-state index in [0.29, 0.717) is 28.9 Å². The molecule has 0 saturated heterocycles. The van der Waals surface area contributed by atoms with Crippen molar-refractivity contribution in [3.05, 3.63) is 24.3 Å². The molecule has 96 valence electrons. The van der Waals surface area contributed by atoms with E-state index in [1.807, 2.05) is 13.8 Å². The second-order valence-corrected chi connectivity index (χ2v) is 5.58. The molecule has 1 aromatic carbocycles. The molecule has 0 aliphatic rings. The van der Waals surface area contributed by atoms with Crippen molar-refractivity contribution < 1.29 is 13.9 Å². The topological polar surface area (TPSA) is 32.3 Å². The zero-order chi connectivity index (χ0) is 12.9. The Bertz CT molecular complexity index is 358. The van der Waals surface area contributed by atoms with Crippen LogP contribution < -0.4 is 5.32 Å². The van der Waals surface area contributed by atoms with Crippen LogP contribution >= 0.6 is 11.8 Å². The Balaban J connectivity index is 2.70. The molecule has 1 rings (SSSR count). The molecule has 0 aliphatic carbocycles. The molecule has 0 heterocycles. The number of aliphatic hydroxyl groups is 1. The Hall–Kier alpha value is -0.810. The summed E-state index contributed by atoms with van der Waals surface area (Å²) in [6.07, 6.45) is 0. The first-order valence-electron chi connectivity index (χ1n) is 5.33. The number of anilines is 1. The van der Waals surface area contributed by atoms with Gasteiger partial charge in [-0.25, -0.2) is 0 Å². The number of aliphatic hydroxyl groups excluding tert-OH is 1. The lowest BCUT2D eigenvalue weighted by molar-refractivity contribution is 0.171. The van der Waals surface area contributed by atoms with E-state index in [0.717, 1.165) is 0 Å². The molecule has 0 radical (unpaired) electrons. The van der Waals surface area contributed by atoms with Gasteiger partial charge in [0.1, 0.15) is 0 Å². The lowest BCUT2D eigenvalue weighted by Crippen LogP contribution is -2.26. The van der Waals surface area contributed by atoms with Crippen molar-refractivity contribution in [3.63, 3.8) is 0 Å². The summed E-state index contributed by atoms with van der Waals surface area (Å²) in [5, 5.41) is 12.2. The van der Waals surface area contributed by atoms with Crippen molar-refractivity contribution in [2.75, 3.05) is 18.5 Å². The Labute approximate surface area is 104 Å². The maximum Gasteiger partial charge on any atom is 0.288 e. The maximum atomic E-state index is 12.3. The van der Waals surface area contributed by atoms with E-state index >= 15 is 0 Å². The van der Waals surface area contributed by atoms with Crippen LogP contribution in [0.4, 0.5) is 14.5 Å². The number of thioether (sulfide) groups is 1. The molecule has 0 aliphatic heterocycles. The summed E-state index contributed by atoms with van der Waals surface area (Å²) in [5.74, 6) is -2.43. The SMILES string of the molecule is CC(C)(CO)CNc1ccccc1SC(F)F. The van der Waals surface area contributed by atoms with Gasteiger partial charge >= 0.3 is 0 Å². The summed E-state index contributed by atoms with van der Waals surface area (Å²) in [6, 6.07) is 6.94. The lowest BCUT2D eigenvalue weighted by Gasteiger charge is -2.23. The van der Waals surface area contributed by atoms with E-state index < -0.39 is 5.76 Å². The van der Waals surface area contributed by atoms with Crippen LogP contribution in [-0.4, -0.2) is 24.0 Å². The van der Waals surface area contributed by atoms with E-state index in [2.05, 4.69) is 5.32 Å². The van der Waals surface area contributed by atoms with Gasteiger partial charge in [0, 0.05) is 29.1 Å². The van der Waals surface area contributed by atoms with Crippen LogP contribution in [0.5, 0.6) is 0 Å². The minimum Gasteiger partial charge on any atom is -0.396 e. The minimum atomic E-state index is -2.43. The quantitative estimate of drug-likeness (QED) is 0.769. The average Bonchev–Trinajstić information content (AvgIpc) is 2.27. The second-order valence-electron chi connectivity index (χ2n) is 4.55. The molecular formula is C12H17F2NOS. The van der Waals surface area contributed by atoms with E-state index in [9.17, 15) is 8.78 Å². The molecule has 0 saturated carbocycles. The molecule has 0 unspecified atom stereocenters. The Kier molecular flexibility index (Phi) is 5.21. The van der Waals surface area contributed by atoms with Crippen molar-refractivity contribution >= 4 is 17.4 Å². The Morgan fingerprint density at radius 3 is 2.59 bits per heavy atom. The van der Waals surface area contributed by atoms with Gasteiger partial charge in [0.25, 0.3) is 5.76 Å². The van der Waals surface area contributed by atoms with Crippen LogP contribution in [-0.2, 0) is 0 Å². The highest BCUT2D eigenvalue weighted by molar-refractivity contribution is 7.99. The molecule has 1 aromatic rings. The zero-order valence-electron chi connectivity index (χ0n) is 9.91. The second kappa shape index (κ2) is 6.21. The first kappa shape index (κ1) is 14.3. The highest BCUT2D eigenvalue weighted by atomic mass is 32.2. The van der Waals surface area contributed by atoms with E-state index in [4.69, 9.17) is 5.11 Å². The van der Waals surface area contributed by atoms with Gasteiger partial charge in [-0.05, 0) is 12.1 Å². The summed E-state index contributed by atoms with van der Waals surface area (Å²) < 4.78 is 24.7. The molecule has 0 aromatic heterocycles. The fourth-order valence-corrected chi connectivity index (χ4v) is 1.82. The molecule has 0 fully saturated rings. The van der Waals surface area contributed by atoms with Gasteiger partial charge < -0.3 is 10.4 Å². The van der Waals surface area contributed by atoms with Gasteiger partial charge in [-0.15, -0.1) is 0 Å². The van der Waals surface area contributed by atoms with E-state index in [1.165, 1.54) is 0 Å². The first-order chi connectivity index (χ1) is 7.94. The number of alkyl halides is 2. The number of para-hydroxylation sites is 1. The molecule has 0 bridgehead atoms. The molecular weight excluding hydrogens is 244 g/mol. The van der Waals surface area contributed by atoms with Crippen LogP contribution in [0.1, 0.15) is 13.8 Å². The van der Waals surface area contributed by atoms with Gasteiger partial charge in [0.05, 0.1) is 0 Å². The number of hydrogen-bond donors (Lipinski definition) is 2.